The number of rotatable bonds is 3. The maximum Gasteiger partial charge on any atom is 0.289 e. The molecule has 19 heavy (non-hydrogen) atoms. The first kappa shape index (κ1) is 14.0. The van der Waals surface area contributed by atoms with Gasteiger partial charge < -0.3 is 10.6 Å². The summed E-state index contributed by atoms with van der Waals surface area (Å²) < 4.78 is 0. The molecule has 2 unspecified atom stereocenters. The first-order valence-electron chi connectivity index (χ1n) is 6.29. The van der Waals surface area contributed by atoms with Gasteiger partial charge in [0.2, 0.25) is 0 Å². The number of anilines is 1. The molecule has 0 aromatic carbocycles. The van der Waals surface area contributed by atoms with Crippen molar-refractivity contribution in [2.24, 2.45) is 11.7 Å². The molecular weight excluding hydrogens is 268 g/mol. The van der Waals surface area contributed by atoms with Crippen LogP contribution in [-0.4, -0.2) is 29.0 Å². The van der Waals surface area contributed by atoms with Crippen LogP contribution in [0.2, 0.25) is 5.02 Å². The van der Waals surface area contributed by atoms with Crippen molar-refractivity contribution in [3.8, 4) is 0 Å². The highest BCUT2D eigenvalue weighted by atomic mass is 35.5. The SMILES string of the molecule is CC1CCC(CN)CN1c1ncc([N+](=O)[O-])cc1Cl. The first-order valence-corrected chi connectivity index (χ1v) is 6.67. The van der Waals surface area contributed by atoms with Gasteiger partial charge in [0.1, 0.15) is 12.0 Å². The van der Waals surface area contributed by atoms with Gasteiger partial charge in [0.15, 0.2) is 0 Å². The lowest BCUT2D eigenvalue weighted by Crippen LogP contribution is -2.44. The smallest absolute Gasteiger partial charge is 0.289 e. The van der Waals surface area contributed by atoms with Crippen molar-refractivity contribution in [1.82, 2.24) is 4.98 Å². The fourth-order valence-corrected chi connectivity index (χ4v) is 2.67. The monoisotopic (exact) mass is 284 g/mol. The van der Waals surface area contributed by atoms with E-state index in [9.17, 15) is 10.1 Å². The van der Waals surface area contributed by atoms with Crippen LogP contribution in [0.4, 0.5) is 11.5 Å². The lowest BCUT2D eigenvalue weighted by Gasteiger charge is -2.38. The maximum absolute atomic E-state index is 10.7. The molecule has 0 spiro atoms. The van der Waals surface area contributed by atoms with Gasteiger partial charge in [-0.05, 0) is 32.2 Å². The summed E-state index contributed by atoms with van der Waals surface area (Å²) in [6.07, 6.45) is 3.37. The number of halogens is 1. The van der Waals surface area contributed by atoms with E-state index in [0.717, 1.165) is 19.4 Å². The van der Waals surface area contributed by atoms with Crippen molar-refractivity contribution < 1.29 is 4.92 Å². The molecule has 1 aromatic rings. The summed E-state index contributed by atoms with van der Waals surface area (Å²) in [4.78, 5) is 16.4. The fraction of sp³-hybridized carbons (Fsp3) is 0.583. The number of nitro groups is 1. The van der Waals surface area contributed by atoms with E-state index in [-0.39, 0.29) is 5.69 Å². The molecule has 7 heteroatoms. The van der Waals surface area contributed by atoms with E-state index in [2.05, 4.69) is 16.8 Å². The van der Waals surface area contributed by atoms with Crippen LogP contribution in [0.5, 0.6) is 0 Å². The summed E-state index contributed by atoms with van der Waals surface area (Å²) >= 11 is 6.12. The third-order valence-electron chi connectivity index (χ3n) is 3.60. The summed E-state index contributed by atoms with van der Waals surface area (Å²) in [7, 11) is 0. The number of aromatic nitrogens is 1. The molecule has 2 rings (SSSR count). The van der Waals surface area contributed by atoms with Gasteiger partial charge in [-0.2, -0.15) is 0 Å². The Hall–Kier alpha value is -1.40. The molecule has 0 bridgehead atoms. The molecule has 104 valence electrons. The van der Waals surface area contributed by atoms with Crippen LogP contribution in [0.25, 0.3) is 0 Å². The van der Waals surface area contributed by atoms with Crippen LogP contribution in [-0.2, 0) is 0 Å². The van der Waals surface area contributed by atoms with E-state index in [0.29, 0.717) is 29.3 Å². The van der Waals surface area contributed by atoms with E-state index in [4.69, 9.17) is 17.3 Å². The maximum atomic E-state index is 10.7. The van der Waals surface area contributed by atoms with Gasteiger partial charge in [-0.1, -0.05) is 11.6 Å². The summed E-state index contributed by atoms with van der Waals surface area (Å²) in [6.45, 7) is 3.53. The molecule has 0 amide bonds. The van der Waals surface area contributed by atoms with Crippen molar-refractivity contribution in [3.05, 3.63) is 27.4 Å². The van der Waals surface area contributed by atoms with E-state index in [1.807, 2.05) is 0 Å². The normalized spacial score (nSPS) is 23.4. The lowest BCUT2D eigenvalue weighted by molar-refractivity contribution is -0.385. The van der Waals surface area contributed by atoms with Crippen molar-refractivity contribution in [3.63, 3.8) is 0 Å². The van der Waals surface area contributed by atoms with Crippen LogP contribution < -0.4 is 10.6 Å². The molecule has 1 fully saturated rings. The Morgan fingerprint density at radius 3 is 2.95 bits per heavy atom. The Balaban J connectivity index is 2.27. The van der Waals surface area contributed by atoms with Crippen LogP contribution in [0.15, 0.2) is 12.3 Å². The quantitative estimate of drug-likeness (QED) is 0.679. The Labute approximate surface area is 116 Å². The number of nitrogens with zero attached hydrogens (tertiary/aromatic N) is 3. The van der Waals surface area contributed by atoms with Gasteiger partial charge in [0, 0.05) is 18.7 Å². The molecule has 1 aliphatic rings. The highest BCUT2D eigenvalue weighted by molar-refractivity contribution is 6.33. The van der Waals surface area contributed by atoms with Crippen molar-refractivity contribution in [2.75, 3.05) is 18.0 Å². The second kappa shape index (κ2) is 5.71. The number of hydrogen-bond donors (Lipinski definition) is 1. The molecule has 2 atom stereocenters. The van der Waals surface area contributed by atoms with Crippen LogP contribution >= 0.6 is 11.6 Å². The molecule has 2 N–H and O–H groups in total. The van der Waals surface area contributed by atoms with Crippen LogP contribution in [0.3, 0.4) is 0 Å². The van der Waals surface area contributed by atoms with Gasteiger partial charge in [0.25, 0.3) is 5.69 Å². The Kier molecular flexibility index (Phi) is 4.21. The predicted molar refractivity (Wildman–Crippen MR) is 74.5 cm³/mol. The summed E-state index contributed by atoms with van der Waals surface area (Å²) in [5, 5.41) is 11.0. The Morgan fingerprint density at radius 2 is 2.37 bits per heavy atom. The van der Waals surface area contributed by atoms with Gasteiger partial charge in [-0.3, -0.25) is 10.1 Å². The van der Waals surface area contributed by atoms with Gasteiger partial charge >= 0.3 is 0 Å². The molecule has 6 nitrogen and oxygen atoms in total. The Morgan fingerprint density at radius 1 is 1.63 bits per heavy atom. The van der Waals surface area contributed by atoms with Crippen LogP contribution in [0, 0.1) is 16.0 Å². The minimum Gasteiger partial charge on any atom is -0.352 e. The third-order valence-corrected chi connectivity index (χ3v) is 3.88. The minimum atomic E-state index is -0.495. The topological polar surface area (TPSA) is 85.3 Å². The summed E-state index contributed by atoms with van der Waals surface area (Å²) in [6, 6.07) is 1.66. The fourth-order valence-electron chi connectivity index (χ4n) is 2.40. The largest absolute Gasteiger partial charge is 0.352 e. The van der Waals surface area contributed by atoms with Crippen molar-refractivity contribution >= 4 is 23.1 Å². The summed E-state index contributed by atoms with van der Waals surface area (Å²) in [5.74, 6) is 1.03. The first-order chi connectivity index (χ1) is 9.02. The molecule has 1 aromatic heterocycles. The number of hydrogen-bond acceptors (Lipinski definition) is 5. The van der Waals surface area contributed by atoms with E-state index < -0.39 is 4.92 Å². The Bertz CT molecular complexity index is 483. The van der Waals surface area contributed by atoms with Gasteiger partial charge in [-0.15, -0.1) is 0 Å². The molecule has 0 aliphatic carbocycles. The van der Waals surface area contributed by atoms with Crippen molar-refractivity contribution in [1.29, 1.82) is 0 Å². The second-order valence-corrected chi connectivity index (χ2v) is 5.34. The van der Waals surface area contributed by atoms with E-state index in [1.54, 1.807) is 0 Å². The van der Waals surface area contributed by atoms with Crippen molar-refractivity contribution in [2.45, 2.75) is 25.8 Å². The number of nitrogens with two attached hydrogens (primary N) is 1. The second-order valence-electron chi connectivity index (χ2n) is 4.94. The van der Waals surface area contributed by atoms with Gasteiger partial charge in [-0.25, -0.2) is 4.98 Å². The highest BCUT2D eigenvalue weighted by Crippen LogP contribution is 2.32. The molecule has 0 saturated carbocycles. The third kappa shape index (κ3) is 2.96. The molecule has 1 aliphatic heterocycles. The standard InChI is InChI=1S/C12H17ClN4O2/c1-8-2-3-9(5-14)7-16(8)12-11(13)4-10(6-15-12)17(18)19/h4,6,8-9H,2-3,5,7,14H2,1H3. The number of pyridine rings is 1. The zero-order valence-electron chi connectivity index (χ0n) is 10.8. The lowest BCUT2D eigenvalue weighted by atomic mass is 9.93. The van der Waals surface area contributed by atoms with Crippen LogP contribution in [0.1, 0.15) is 19.8 Å². The average molecular weight is 285 g/mol. The molecule has 0 radical (unpaired) electrons. The van der Waals surface area contributed by atoms with Gasteiger partial charge in [0.05, 0.1) is 9.95 Å². The zero-order valence-corrected chi connectivity index (χ0v) is 11.5. The molecule has 2 heterocycles. The number of piperidine rings is 1. The molecule has 1 saturated heterocycles. The predicted octanol–water partition coefficient (Wildman–Crippen LogP) is 2.21. The highest BCUT2D eigenvalue weighted by Gasteiger charge is 2.27. The zero-order chi connectivity index (χ0) is 14.0. The molecular formula is C12H17ClN4O2. The minimum absolute atomic E-state index is 0.0891. The average Bonchev–Trinajstić information content (AvgIpc) is 2.39. The summed E-state index contributed by atoms with van der Waals surface area (Å²) in [5.41, 5.74) is 5.63. The van der Waals surface area contributed by atoms with E-state index in [1.165, 1.54) is 12.3 Å². The van der Waals surface area contributed by atoms with E-state index >= 15 is 0 Å².